The number of fused-ring (bicyclic) bond motifs is 4. The van der Waals surface area contributed by atoms with Crippen molar-refractivity contribution in [2.24, 2.45) is 0 Å². The maximum absolute atomic E-state index is 4.76. The van der Waals surface area contributed by atoms with Gasteiger partial charge in [0.25, 0.3) is 0 Å². The molecule has 0 saturated heterocycles. The lowest BCUT2D eigenvalue weighted by atomic mass is 10.1. The molecule has 1 aromatic carbocycles. The van der Waals surface area contributed by atoms with Crippen molar-refractivity contribution in [1.82, 2.24) is 24.9 Å². The second-order valence-electron chi connectivity index (χ2n) is 5.13. The smallest absolute Gasteiger partial charge is 0.145 e. The normalized spacial score (nSPS) is 11.5. The van der Waals surface area contributed by atoms with Gasteiger partial charge in [0.15, 0.2) is 0 Å². The molecule has 0 N–H and O–H groups in total. The van der Waals surface area contributed by atoms with Crippen LogP contribution in [-0.4, -0.2) is 24.9 Å². The second-order valence-corrected chi connectivity index (χ2v) is 6.16. The van der Waals surface area contributed by atoms with E-state index in [1.807, 2.05) is 18.2 Å². The Balaban J connectivity index is 1.81. The third-order valence-electron chi connectivity index (χ3n) is 3.77. The highest BCUT2D eigenvalue weighted by Gasteiger charge is 2.12. The molecule has 0 amide bonds. The summed E-state index contributed by atoms with van der Waals surface area (Å²) >= 11 is 1.55. The maximum Gasteiger partial charge on any atom is 0.145 e. The lowest BCUT2D eigenvalue weighted by Crippen LogP contribution is -1.90. The average Bonchev–Trinajstić information content (AvgIpc) is 2.99. The summed E-state index contributed by atoms with van der Waals surface area (Å²) in [5, 5.41) is 2.21. The van der Waals surface area contributed by atoms with E-state index in [1.54, 1.807) is 29.9 Å². The molecule has 23 heavy (non-hydrogen) atoms. The number of rotatable bonds is 1. The van der Waals surface area contributed by atoms with Crippen LogP contribution in [0.4, 0.5) is 0 Å². The van der Waals surface area contributed by atoms with E-state index in [-0.39, 0.29) is 0 Å². The first-order valence-corrected chi connectivity index (χ1v) is 7.91. The molecule has 6 heteroatoms. The van der Waals surface area contributed by atoms with Crippen molar-refractivity contribution < 1.29 is 0 Å². The highest BCUT2D eigenvalue weighted by molar-refractivity contribution is 7.25. The van der Waals surface area contributed by atoms with Crippen molar-refractivity contribution in [3.8, 4) is 11.4 Å². The van der Waals surface area contributed by atoms with Gasteiger partial charge in [-0.15, -0.1) is 11.3 Å². The summed E-state index contributed by atoms with van der Waals surface area (Å²) in [6.07, 6.45) is 6.91. The number of nitrogens with zero attached hydrogens (tertiary/aromatic N) is 5. The summed E-state index contributed by atoms with van der Waals surface area (Å²) in [5.74, 6) is 0. The summed E-state index contributed by atoms with van der Waals surface area (Å²) in [7, 11) is 0. The molecular weight excluding hydrogens is 306 g/mol. The molecule has 5 aromatic rings. The van der Waals surface area contributed by atoms with Gasteiger partial charge in [-0.1, -0.05) is 24.3 Å². The molecule has 4 aromatic heterocycles. The van der Waals surface area contributed by atoms with Crippen LogP contribution in [0, 0.1) is 0 Å². The molecule has 5 rings (SSSR count). The topological polar surface area (TPSA) is 64.5 Å². The van der Waals surface area contributed by atoms with Crippen LogP contribution in [0.5, 0.6) is 0 Å². The Bertz CT molecular complexity index is 1180. The molecule has 0 spiro atoms. The molecule has 0 aliphatic heterocycles. The third kappa shape index (κ3) is 1.89. The van der Waals surface area contributed by atoms with Gasteiger partial charge in [0.2, 0.25) is 0 Å². The van der Waals surface area contributed by atoms with E-state index in [4.69, 9.17) is 4.98 Å². The molecule has 4 heterocycles. The Hall–Kier alpha value is -2.99. The molecule has 5 nitrogen and oxygen atoms in total. The minimum absolute atomic E-state index is 0.772. The Morgan fingerprint density at radius 3 is 2.83 bits per heavy atom. The SMILES string of the molecule is c1ccc2c(-c3cnc4c(n3)sc3cncnc34)nccc2c1. The van der Waals surface area contributed by atoms with Gasteiger partial charge in [-0.3, -0.25) is 4.98 Å². The van der Waals surface area contributed by atoms with Crippen molar-refractivity contribution in [2.45, 2.75) is 0 Å². The van der Waals surface area contributed by atoms with Crippen LogP contribution >= 0.6 is 11.3 Å². The van der Waals surface area contributed by atoms with Crippen LogP contribution in [0.3, 0.4) is 0 Å². The Morgan fingerprint density at radius 1 is 0.870 bits per heavy atom. The molecule has 0 aliphatic carbocycles. The quantitative estimate of drug-likeness (QED) is 0.470. The van der Waals surface area contributed by atoms with E-state index >= 15 is 0 Å². The van der Waals surface area contributed by atoms with E-state index in [0.717, 1.165) is 42.7 Å². The van der Waals surface area contributed by atoms with Gasteiger partial charge in [-0.2, -0.15) is 0 Å². The fraction of sp³-hybridized carbons (Fsp3) is 0. The highest BCUT2D eigenvalue weighted by atomic mass is 32.1. The standard InChI is InChI=1S/C17H9N5S/c1-2-4-11-10(3-1)5-6-19-14(11)12-7-20-16-15-13(8-18-9-21-15)23-17(16)22-12/h1-9H. The predicted octanol–water partition coefficient (Wildman–Crippen LogP) is 3.85. The van der Waals surface area contributed by atoms with Crippen LogP contribution in [0.15, 0.2) is 55.2 Å². The zero-order valence-electron chi connectivity index (χ0n) is 11.8. The summed E-state index contributed by atoms with van der Waals surface area (Å²) in [4.78, 5) is 23.1. The number of hydrogen-bond donors (Lipinski definition) is 0. The molecular formula is C17H9N5S. The monoisotopic (exact) mass is 315 g/mol. The average molecular weight is 315 g/mol. The van der Waals surface area contributed by atoms with E-state index in [9.17, 15) is 0 Å². The first-order valence-electron chi connectivity index (χ1n) is 7.09. The largest absolute Gasteiger partial charge is 0.254 e. The van der Waals surface area contributed by atoms with Crippen molar-refractivity contribution >= 4 is 42.7 Å². The molecule has 0 unspecified atom stereocenters. The lowest BCUT2D eigenvalue weighted by Gasteiger charge is -2.04. The molecule has 0 fully saturated rings. The maximum atomic E-state index is 4.76. The lowest BCUT2D eigenvalue weighted by molar-refractivity contribution is 1.22. The first kappa shape index (κ1) is 12.5. The number of benzene rings is 1. The molecule has 0 bridgehead atoms. The Labute approximate surface area is 134 Å². The molecule has 108 valence electrons. The predicted molar refractivity (Wildman–Crippen MR) is 91.2 cm³/mol. The summed E-state index contributed by atoms with van der Waals surface area (Å²) < 4.78 is 0.991. The van der Waals surface area contributed by atoms with Crippen LogP contribution in [-0.2, 0) is 0 Å². The van der Waals surface area contributed by atoms with E-state index in [0.29, 0.717) is 0 Å². The van der Waals surface area contributed by atoms with Crippen LogP contribution in [0.1, 0.15) is 0 Å². The van der Waals surface area contributed by atoms with Gasteiger partial charge in [-0.05, 0) is 11.5 Å². The summed E-state index contributed by atoms with van der Waals surface area (Å²) in [6.45, 7) is 0. The minimum atomic E-state index is 0.772. The van der Waals surface area contributed by atoms with Crippen LogP contribution < -0.4 is 0 Å². The zero-order valence-corrected chi connectivity index (χ0v) is 12.7. The number of aromatic nitrogens is 5. The van der Waals surface area contributed by atoms with E-state index < -0.39 is 0 Å². The number of thiophene rings is 1. The minimum Gasteiger partial charge on any atom is -0.254 e. The van der Waals surface area contributed by atoms with Crippen molar-refractivity contribution in [2.75, 3.05) is 0 Å². The van der Waals surface area contributed by atoms with E-state index in [2.05, 4.69) is 32.1 Å². The Morgan fingerprint density at radius 2 is 1.83 bits per heavy atom. The number of pyridine rings is 1. The van der Waals surface area contributed by atoms with Gasteiger partial charge in [0.05, 0.1) is 16.6 Å². The highest BCUT2D eigenvalue weighted by Crippen LogP contribution is 2.31. The zero-order chi connectivity index (χ0) is 15.2. The van der Waals surface area contributed by atoms with Gasteiger partial charge in [0.1, 0.15) is 27.9 Å². The van der Waals surface area contributed by atoms with Gasteiger partial charge in [0, 0.05) is 17.8 Å². The fourth-order valence-electron chi connectivity index (χ4n) is 2.72. The fourth-order valence-corrected chi connectivity index (χ4v) is 3.68. The second kappa shape index (κ2) is 4.76. The summed E-state index contributed by atoms with van der Waals surface area (Å²) in [6, 6.07) is 10.2. The third-order valence-corrected chi connectivity index (χ3v) is 4.76. The molecule has 0 saturated carbocycles. The van der Waals surface area contributed by atoms with Gasteiger partial charge >= 0.3 is 0 Å². The van der Waals surface area contributed by atoms with Crippen LogP contribution in [0.2, 0.25) is 0 Å². The van der Waals surface area contributed by atoms with Crippen molar-refractivity contribution in [1.29, 1.82) is 0 Å². The van der Waals surface area contributed by atoms with Crippen molar-refractivity contribution in [3.05, 3.63) is 55.2 Å². The van der Waals surface area contributed by atoms with Gasteiger partial charge in [-0.25, -0.2) is 19.9 Å². The van der Waals surface area contributed by atoms with Gasteiger partial charge < -0.3 is 0 Å². The molecule has 0 radical (unpaired) electrons. The summed E-state index contributed by atoms with van der Waals surface area (Å²) in [5.41, 5.74) is 3.29. The van der Waals surface area contributed by atoms with Crippen molar-refractivity contribution in [3.63, 3.8) is 0 Å². The first-order chi connectivity index (χ1) is 11.4. The molecule has 0 atom stereocenters. The number of hydrogen-bond acceptors (Lipinski definition) is 6. The Kier molecular flexibility index (Phi) is 2.59. The van der Waals surface area contributed by atoms with Crippen LogP contribution in [0.25, 0.3) is 42.7 Å². The van der Waals surface area contributed by atoms with E-state index in [1.165, 1.54) is 6.33 Å². The molecule has 0 aliphatic rings.